The molecule has 4 aromatic rings. The number of unbranched alkanes of at least 4 members (excludes halogenated alkanes) is 2. The number of hydrogen-bond acceptors (Lipinski definition) is 8. The van der Waals surface area contributed by atoms with Crippen molar-refractivity contribution >= 4 is 35.2 Å². The largest absolute Gasteiger partial charge is 0.493 e. The van der Waals surface area contributed by atoms with Crippen molar-refractivity contribution in [1.29, 1.82) is 0 Å². The average Bonchev–Trinajstić information content (AvgIpc) is 3.46. The van der Waals surface area contributed by atoms with E-state index >= 15 is 0 Å². The number of aryl methyl sites for hydroxylation is 2. The van der Waals surface area contributed by atoms with E-state index in [9.17, 15) is 24.0 Å². The van der Waals surface area contributed by atoms with Gasteiger partial charge in [0, 0.05) is 51.3 Å². The summed E-state index contributed by atoms with van der Waals surface area (Å²) in [6.07, 6.45) is 3.45. The summed E-state index contributed by atoms with van der Waals surface area (Å²) in [6.45, 7) is 8.42. The number of nitrogens with zero attached hydrogens (tertiary/aromatic N) is 3. The Balaban J connectivity index is 0.950. The first-order chi connectivity index (χ1) is 27.6. The standard InChI is InChI=1S/C45H51N5O7/c1-31-17-20-38(40(28-31)57-26-10-4-5-16-41(51)49-24-22-48(3)23-25-49)47-42(52)33-18-19-34(32(2)29-33)30-46-43(53)37-14-8-9-15-39(37)56-27-11-21-50-44(54)35-12-6-7-13-36(35)45(50)55/h6-9,12-15,17-20,28-29H,4-5,10-11,16,21-27,30H2,1-3H3,(H,46,53)(H,47,52). The third-order valence-corrected chi connectivity index (χ3v) is 10.4. The third-order valence-electron chi connectivity index (χ3n) is 10.4. The molecule has 5 amide bonds. The van der Waals surface area contributed by atoms with Gasteiger partial charge in [0.15, 0.2) is 0 Å². The molecule has 0 aromatic heterocycles. The maximum Gasteiger partial charge on any atom is 0.261 e. The van der Waals surface area contributed by atoms with Gasteiger partial charge in [-0.15, -0.1) is 0 Å². The van der Waals surface area contributed by atoms with Crippen molar-refractivity contribution < 1.29 is 33.4 Å². The number of benzene rings is 4. The lowest BCUT2D eigenvalue weighted by Gasteiger charge is -2.32. The van der Waals surface area contributed by atoms with Gasteiger partial charge in [-0.3, -0.25) is 28.9 Å². The number of anilines is 1. The van der Waals surface area contributed by atoms with E-state index in [4.69, 9.17) is 9.47 Å². The first kappa shape index (κ1) is 40.6. The Morgan fingerprint density at radius 3 is 2.12 bits per heavy atom. The zero-order valence-electron chi connectivity index (χ0n) is 33.0. The smallest absolute Gasteiger partial charge is 0.261 e. The van der Waals surface area contributed by atoms with E-state index in [-0.39, 0.29) is 49.2 Å². The zero-order chi connectivity index (χ0) is 40.3. The van der Waals surface area contributed by atoms with Crippen LogP contribution in [-0.2, 0) is 11.3 Å². The van der Waals surface area contributed by atoms with Crippen LogP contribution in [0.3, 0.4) is 0 Å². The summed E-state index contributed by atoms with van der Waals surface area (Å²) < 4.78 is 12.0. The number of nitrogens with one attached hydrogen (secondary N) is 2. The van der Waals surface area contributed by atoms with Gasteiger partial charge in [-0.2, -0.15) is 0 Å². The average molecular weight is 774 g/mol. The number of amides is 5. The molecule has 298 valence electrons. The zero-order valence-corrected chi connectivity index (χ0v) is 33.0. The van der Waals surface area contributed by atoms with Crippen LogP contribution in [0.15, 0.2) is 84.9 Å². The summed E-state index contributed by atoms with van der Waals surface area (Å²) in [7, 11) is 2.08. The summed E-state index contributed by atoms with van der Waals surface area (Å²) in [6, 6.07) is 24.7. The molecule has 12 nitrogen and oxygen atoms in total. The second kappa shape index (κ2) is 19.2. The normalized spacial score (nSPS) is 14.0. The molecule has 0 bridgehead atoms. The lowest BCUT2D eigenvalue weighted by atomic mass is 10.0. The molecule has 0 atom stereocenters. The second-order valence-electron chi connectivity index (χ2n) is 14.6. The highest BCUT2D eigenvalue weighted by Crippen LogP contribution is 2.28. The van der Waals surface area contributed by atoms with E-state index in [1.807, 2.05) is 43.0 Å². The van der Waals surface area contributed by atoms with Crippen LogP contribution < -0.4 is 20.1 Å². The van der Waals surface area contributed by atoms with E-state index in [1.165, 1.54) is 4.90 Å². The topological polar surface area (TPSA) is 138 Å². The Morgan fingerprint density at radius 1 is 0.702 bits per heavy atom. The van der Waals surface area contributed by atoms with Gasteiger partial charge in [-0.1, -0.05) is 36.4 Å². The number of rotatable bonds is 17. The predicted octanol–water partition coefficient (Wildman–Crippen LogP) is 6.26. The minimum Gasteiger partial charge on any atom is -0.493 e. The van der Waals surface area contributed by atoms with Crippen molar-refractivity contribution in [3.8, 4) is 11.5 Å². The predicted molar refractivity (Wildman–Crippen MR) is 218 cm³/mol. The van der Waals surface area contributed by atoms with Crippen molar-refractivity contribution in [2.75, 3.05) is 58.3 Å². The first-order valence-electron chi connectivity index (χ1n) is 19.6. The summed E-state index contributed by atoms with van der Waals surface area (Å²) in [4.78, 5) is 69.9. The van der Waals surface area contributed by atoms with E-state index in [1.54, 1.807) is 60.7 Å². The number of imide groups is 1. The highest BCUT2D eigenvalue weighted by Gasteiger charge is 2.34. The SMILES string of the molecule is Cc1ccc(NC(=O)c2ccc(CNC(=O)c3ccccc3OCCCN3C(=O)c4ccccc4C3=O)c(C)c2)c(OCCCCCC(=O)N2CCN(C)CC2)c1. The Bertz CT molecular complexity index is 2070. The third kappa shape index (κ3) is 10.4. The molecule has 2 N–H and O–H groups in total. The highest BCUT2D eigenvalue weighted by atomic mass is 16.5. The maximum atomic E-state index is 13.4. The van der Waals surface area contributed by atoms with Crippen molar-refractivity contribution in [2.24, 2.45) is 0 Å². The lowest BCUT2D eigenvalue weighted by molar-refractivity contribution is -0.132. The molecule has 1 saturated heterocycles. The summed E-state index contributed by atoms with van der Waals surface area (Å²) >= 11 is 0. The maximum absolute atomic E-state index is 13.4. The molecule has 4 aromatic carbocycles. The molecule has 6 rings (SSSR count). The summed E-state index contributed by atoms with van der Waals surface area (Å²) in [5, 5.41) is 5.95. The van der Waals surface area contributed by atoms with Crippen LogP contribution in [-0.4, -0.2) is 97.2 Å². The number of piperazine rings is 1. The van der Waals surface area contributed by atoms with Crippen LogP contribution in [0, 0.1) is 13.8 Å². The molecule has 0 spiro atoms. The Labute approximate surface area is 334 Å². The fraction of sp³-hybridized carbons (Fsp3) is 0.356. The number of ether oxygens (including phenoxy) is 2. The van der Waals surface area contributed by atoms with Crippen molar-refractivity contribution in [1.82, 2.24) is 20.0 Å². The van der Waals surface area contributed by atoms with Crippen LogP contribution in [0.5, 0.6) is 11.5 Å². The molecule has 12 heteroatoms. The number of likely N-dealkylation sites (N-methyl/N-ethyl adjacent to an activating group) is 1. The molecule has 0 saturated carbocycles. The van der Waals surface area contributed by atoms with Gasteiger partial charge in [0.1, 0.15) is 11.5 Å². The number of carbonyl (C=O) groups is 5. The molecular weight excluding hydrogens is 723 g/mol. The molecular formula is C45H51N5O7. The molecule has 0 unspecified atom stereocenters. The van der Waals surface area contributed by atoms with Crippen molar-refractivity contribution in [3.63, 3.8) is 0 Å². The van der Waals surface area contributed by atoms with Crippen molar-refractivity contribution in [2.45, 2.75) is 52.5 Å². The summed E-state index contributed by atoms with van der Waals surface area (Å²) in [5.74, 6) is -0.00169. The van der Waals surface area contributed by atoms with Crippen molar-refractivity contribution in [3.05, 3.63) is 124 Å². The van der Waals surface area contributed by atoms with E-state index in [2.05, 4.69) is 22.6 Å². The Morgan fingerprint density at radius 2 is 1.39 bits per heavy atom. The first-order valence-corrected chi connectivity index (χ1v) is 19.6. The van der Waals surface area contributed by atoms with Gasteiger partial charge in [0.05, 0.1) is 35.6 Å². The molecule has 0 aliphatic carbocycles. The Kier molecular flexibility index (Phi) is 13.7. The Hall–Kier alpha value is -6.01. The highest BCUT2D eigenvalue weighted by molar-refractivity contribution is 6.21. The van der Waals surface area contributed by atoms with Crippen LogP contribution in [0.1, 0.15) is 90.2 Å². The fourth-order valence-corrected chi connectivity index (χ4v) is 6.93. The second-order valence-corrected chi connectivity index (χ2v) is 14.6. The number of carbonyl (C=O) groups excluding carboxylic acids is 5. The van der Waals surface area contributed by atoms with Crippen LogP contribution in [0.4, 0.5) is 5.69 Å². The van der Waals surface area contributed by atoms with E-state index in [0.29, 0.717) is 58.9 Å². The fourth-order valence-electron chi connectivity index (χ4n) is 6.93. The molecule has 0 radical (unpaired) electrons. The van der Waals surface area contributed by atoms with Gasteiger partial charge >= 0.3 is 0 Å². The monoisotopic (exact) mass is 773 g/mol. The lowest BCUT2D eigenvalue weighted by Crippen LogP contribution is -2.47. The molecule has 1 fully saturated rings. The van der Waals surface area contributed by atoms with E-state index < -0.39 is 0 Å². The van der Waals surface area contributed by atoms with Gasteiger partial charge in [0.25, 0.3) is 23.6 Å². The molecule has 2 aliphatic heterocycles. The van der Waals surface area contributed by atoms with E-state index in [0.717, 1.165) is 62.1 Å². The number of fused-ring (bicyclic) bond motifs is 1. The molecule has 2 aliphatic rings. The number of para-hydroxylation sites is 1. The van der Waals surface area contributed by atoms with Crippen LogP contribution in [0.25, 0.3) is 0 Å². The molecule has 2 heterocycles. The van der Waals surface area contributed by atoms with Crippen LogP contribution >= 0.6 is 0 Å². The van der Waals surface area contributed by atoms with Gasteiger partial charge < -0.3 is 29.9 Å². The summed E-state index contributed by atoms with van der Waals surface area (Å²) in [5.41, 5.74) is 4.93. The quantitative estimate of drug-likeness (QED) is 0.0948. The van der Waals surface area contributed by atoms with Crippen LogP contribution in [0.2, 0.25) is 0 Å². The number of hydrogen-bond donors (Lipinski definition) is 2. The van der Waals surface area contributed by atoms with Gasteiger partial charge in [0.2, 0.25) is 5.91 Å². The minimum atomic E-state index is -0.321. The molecule has 57 heavy (non-hydrogen) atoms. The minimum absolute atomic E-state index is 0.205. The van der Waals surface area contributed by atoms with Gasteiger partial charge in [-0.05, 0) is 112 Å². The van der Waals surface area contributed by atoms with Gasteiger partial charge in [-0.25, -0.2) is 0 Å².